The molecule has 2 amide bonds. The number of ether oxygens (including phenoxy) is 1. The van der Waals surface area contributed by atoms with Gasteiger partial charge in [-0.05, 0) is 29.8 Å². The fourth-order valence-electron chi connectivity index (χ4n) is 4.50. The van der Waals surface area contributed by atoms with Crippen molar-refractivity contribution in [2.45, 2.75) is 19.6 Å². The van der Waals surface area contributed by atoms with E-state index in [0.717, 1.165) is 11.3 Å². The molecule has 1 aromatic carbocycles. The third-order valence-corrected chi connectivity index (χ3v) is 5.84. The number of carbonyl (C=O) groups is 2. The zero-order chi connectivity index (χ0) is 19.8. The van der Waals surface area contributed by atoms with Gasteiger partial charge in [0, 0.05) is 38.4 Å². The van der Waals surface area contributed by atoms with Crippen LogP contribution in [0.15, 0.2) is 40.8 Å². The van der Waals surface area contributed by atoms with Crippen LogP contribution in [0.25, 0.3) is 0 Å². The lowest BCUT2D eigenvalue weighted by atomic mass is 9.89. The van der Waals surface area contributed by atoms with Crippen LogP contribution in [0.2, 0.25) is 0 Å². The summed E-state index contributed by atoms with van der Waals surface area (Å²) in [5, 5.41) is 9.14. The molecule has 0 unspecified atom stereocenters. The Hall–Kier alpha value is -2.80. The van der Waals surface area contributed by atoms with Crippen LogP contribution in [0.3, 0.4) is 0 Å². The van der Waals surface area contributed by atoms with Crippen molar-refractivity contribution < 1.29 is 23.8 Å². The van der Waals surface area contributed by atoms with Crippen LogP contribution in [-0.2, 0) is 11.4 Å². The molecule has 4 rings (SSSR count). The first-order chi connectivity index (χ1) is 13.5. The Morgan fingerprint density at radius 3 is 2.50 bits per heavy atom. The van der Waals surface area contributed by atoms with Crippen LogP contribution in [0.1, 0.15) is 34.8 Å². The minimum absolute atomic E-state index is 0.0479. The van der Waals surface area contributed by atoms with Gasteiger partial charge in [-0.25, -0.2) is 0 Å². The number of rotatable bonds is 4. The van der Waals surface area contributed by atoms with Crippen LogP contribution >= 0.6 is 0 Å². The van der Waals surface area contributed by atoms with Crippen molar-refractivity contribution in [2.24, 2.45) is 11.8 Å². The molecule has 0 spiro atoms. The third kappa shape index (κ3) is 3.16. The quantitative estimate of drug-likeness (QED) is 0.873. The SMILES string of the molecule is COc1ccc([C@H]2[C@@H]3CN(C(=O)c4ccc(CO)o4)C[C@@H]3CN2C(C)=O)cc1. The fraction of sp³-hybridized carbons (Fsp3) is 0.429. The molecule has 2 aromatic rings. The number of nitrogens with zero attached hydrogens (tertiary/aromatic N) is 2. The zero-order valence-electron chi connectivity index (χ0n) is 16.0. The van der Waals surface area contributed by atoms with Gasteiger partial charge in [-0.15, -0.1) is 0 Å². The molecule has 28 heavy (non-hydrogen) atoms. The first kappa shape index (κ1) is 18.6. The molecule has 1 aromatic heterocycles. The van der Waals surface area contributed by atoms with Crippen molar-refractivity contribution >= 4 is 11.8 Å². The average Bonchev–Trinajstić information content (AvgIpc) is 3.41. The predicted octanol–water partition coefficient (Wildman–Crippen LogP) is 2.07. The second kappa shape index (κ2) is 7.31. The summed E-state index contributed by atoms with van der Waals surface area (Å²) in [5.41, 5.74) is 1.05. The number of furan rings is 1. The number of aliphatic hydroxyl groups is 1. The highest BCUT2D eigenvalue weighted by Crippen LogP contribution is 2.45. The van der Waals surface area contributed by atoms with Gasteiger partial charge in [-0.1, -0.05) is 12.1 Å². The lowest BCUT2D eigenvalue weighted by Gasteiger charge is -2.29. The molecule has 2 aliphatic heterocycles. The number of likely N-dealkylation sites (tertiary alicyclic amines) is 2. The standard InChI is InChI=1S/C21H24N2O5/c1-13(25)23-10-15-9-22(21(26)19-8-7-17(12-24)28-19)11-18(15)20(23)14-3-5-16(27-2)6-4-14/h3-8,15,18,20,24H,9-12H2,1-2H3/t15-,18-,20+/m1/s1. The zero-order valence-corrected chi connectivity index (χ0v) is 16.0. The molecular weight excluding hydrogens is 360 g/mol. The van der Waals surface area contributed by atoms with Gasteiger partial charge >= 0.3 is 0 Å². The summed E-state index contributed by atoms with van der Waals surface area (Å²) < 4.78 is 10.6. The fourth-order valence-corrected chi connectivity index (χ4v) is 4.50. The van der Waals surface area contributed by atoms with Gasteiger partial charge in [0.05, 0.1) is 13.2 Å². The topological polar surface area (TPSA) is 83.2 Å². The summed E-state index contributed by atoms with van der Waals surface area (Å²) in [7, 11) is 1.62. The number of aliphatic hydroxyl groups excluding tert-OH is 1. The lowest BCUT2D eigenvalue weighted by Crippen LogP contribution is -2.36. The van der Waals surface area contributed by atoms with E-state index < -0.39 is 0 Å². The minimum atomic E-state index is -0.231. The molecule has 3 atom stereocenters. The Morgan fingerprint density at radius 1 is 1.14 bits per heavy atom. The lowest BCUT2D eigenvalue weighted by molar-refractivity contribution is -0.130. The molecule has 0 radical (unpaired) electrons. The van der Waals surface area contributed by atoms with E-state index in [4.69, 9.17) is 14.3 Å². The first-order valence-electron chi connectivity index (χ1n) is 9.41. The molecule has 7 heteroatoms. The van der Waals surface area contributed by atoms with Crippen LogP contribution in [0, 0.1) is 11.8 Å². The molecular formula is C21H24N2O5. The van der Waals surface area contributed by atoms with Gasteiger partial charge in [0.15, 0.2) is 5.76 Å². The van der Waals surface area contributed by atoms with Crippen molar-refractivity contribution in [2.75, 3.05) is 26.7 Å². The number of benzene rings is 1. The maximum absolute atomic E-state index is 12.8. The van der Waals surface area contributed by atoms with Crippen LogP contribution in [0.4, 0.5) is 0 Å². The highest BCUT2D eigenvalue weighted by Gasteiger charge is 2.49. The molecule has 1 N–H and O–H groups in total. The highest BCUT2D eigenvalue weighted by molar-refractivity contribution is 5.91. The van der Waals surface area contributed by atoms with E-state index in [1.54, 1.807) is 31.1 Å². The highest BCUT2D eigenvalue weighted by atomic mass is 16.5. The summed E-state index contributed by atoms with van der Waals surface area (Å²) in [6, 6.07) is 10.9. The van der Waals surface area contributed by atoms with Crippen LogP contribution < -0.4 is 4.74 Å². The van der Waals surface area contributed by atoms with Gasteiger partial charge in [0.2, 0.25) is 5.91 Å². The predicted molar refractivity (Wildman–Crippen MR) is 101 cm³/mol. The van der Waals surface area contributed by atoms with Gasteiger partial charge in [0.25, 0.3) is 5.91 Å². The van der Waals surface area contributed by atoms with Crippen LogP contribution in [-0.4, -0.2) is 53.5 Å². The maximum Gasteiger partial charge on any atom is 0.289 e. The van der Waals surface area contributed by atoms with E-state index >= 15 is 0 Å². The molecule has 3 heterocycles. The Morgan fingerprint density at radius 2 is 1.89 bits per heavy atom. The maximum atomic E-state index is 12.8. The van der Waals surface area contributed by atoms with E-state index in [-0.39, 0.29) is 42.1 Å². The second-order valence-corrected chi connectivity index (χ2v) is 7.45. The van der Waals surface area contributed by atoms with Gasteiger partial charge in [0.1, 0.15) is 18.1 Å². The van der Waals surface area contributed by atoms with E-state index in [1.807, 2.05) is 29.2 Å². The Balaban J connectivity index is 1.56. The molecule has 0 saturated carbocycles. The largest absolute Gasteiger partial charge is 0.497 e. The smallest absolute Gasteiger partial charge is 0.289 e. The number of fused-ring (bicyclic) bond motifs is 1. The van der Waals surface area contributed by atoms with Crippen molar-refractivity contribution in [1.29, 1.82) is 0 Å². The first-order valence-corrected chi connectivity index (χ1v) is 9.41. The Labute approximate surface area is 163 Å². The number of methoxy groups -OCH3 is 1. The van der Waals surface area contributed by atoms with E-state index in [9.17, 15) is 9.59 Å². The summed E-state index contributed by atoms with van der Waals surface area (Å²) in [5.74, 6) is 1.67. The Kier molecular flexibility index (Phi) is 4.85. The summed E-state index contributed by atoms with van der Waals surface area (Å²) in [6.45, 7) is 3.17. The second-order valence-electron chi connectivity index (χ2n) is 7.45. The number of carbonyl (C=O) groups excluding carboxylic acids is 2. The molecule has 2 saturated heterocycles. The monoisotopic (exact) mass is 384 g/mol. The van der Waals surface area contributed by atoms with E-state index in [1.165, 1.54) is 0 Å². The molecule has 0 bridgehead atoms. The molecule has 2 aliphatic rings. The van der Waals surface area contributed by atoms with Gasteiger partial charge in [-0.3, -0.25) is 9.59 Å². The van der Waals surface area contributed by atoms with Crippen molar-refractivity contribution in [1.82, 2.24) is 9.80 Å². The van der Waals surface area contributed by atoms with E-state index in [2.05, 4.69) is 0 Å². The van der Waals surface area contributed by atoms with Crippen molar-refractivity contribution in [3.8, 4) is 5.75 Å². The molecule has 2 fully saturated rings. The van der Waals surface area contributed by atoms with E-state index in [0.29, 0.717) is 25.4 Å². The van der Waals surface area contributed by atoms with Gasteiger partial charge in [-0.2, -0.15) is 0 Å². The van der Waals surface area contributed by atoms with Gasteiger partial charge < -0.3 is 24.1 Å². The Bertz CT molecular complexity index is 875. The number of amides is 2. The summed E-state index contributed by atoms with van der Waals surface area (Å²) in [4.78, 5) is 28.7. The minimum Gasteiger partial charge on any atom is -0.497 e. The molecule has 0 aliphatic carbocycles. The summed E-state index contributed by atoms with van der Waals surface area (Å²) >= 11 is 0. The van der Waals surface area contributed by atoms with Crippen molar-refractivity contribution in [3.05, 3.63) is 53.5 Å². The number of hydrogen-bond donors (Lipinski definition) is 1. The summed E-state index contributed by atoms with van der Waals surface area (Å²) in [6.07, 6.45) is 0. The normalized spacial score (nSPS) is 23.8. The molecule has 7 nitrogen and oxygen atoms in total. The molecule has 148 valence electrons. The van der Waals surface area contributed by atoms with Crippen LogP contribution in [0.5, 0.6) is 5.75 Å². The average molecular weight is 384 g/mol. The third-order valence-electron chi connectivity index (χ3n) is 5.84. The van der Waals surface area contributed by atoms with Crippen molar-refractivity contribution in [3.63, 3.8) is 0 Å². The number of hydrogen-bond acceptors (Lipinski definition) is 5.